The summed E-state index contributed by atoms with van der Waals surface area (Å²) >= 11 is 0. The van der Waals surface area contributed by atoms with Crippen molar-refractivity contribution in [2.75, 3.05) is 18.0 Å². The van der Waals surface area contributed by atoms with Gasteiger partial charge in [-0.3, -0.25) is 0 Å². The molecule has 1 heterocycles. The molecule has 1 saturated heterocycles. The lowest BCUT2D eigenvalue weighted by Crippen LogP contribution is -2.25. The van der Waals surface area contributed by atoms with E-state index in [0.717, 1.165) is 18.5 Å². The van der Waals surface area contributed by atoms with Crippen LogP contribution >= 0.6 is 0 Å². The zero-order chi connectivity index (χ0) is 13.9. The number of rotatable bonds is 4. The highest BCUT2D eigenvalue weighted by atomic mass is 15.1. The zero-order valence-electron chi connectivity index (χ0n) is 13.0. The van der Waals surface area contributed by atoms with Crippen molar-refractivity contribution >= 4 is 5.69 Å². The highest BCUT2D eigenvalue weighted by Gasteiger charge is 2.20. The van der Waals surface area contributed by atoms with Crippen LogP contribution in [-0.2, 0) is 6.54 Å². The van der Waals surface area contributed by atoms with Gasteiger partial charge in [-0.1, -0.05) is 19.1 Å². The Bertz CT molecular complexity index is 451. The van der Waals surface area contributed by atoms with Gasteiger partial charge < -0.3 is 10.2 Å². The Hall–Kier alpha value is -1.02. The van der Waals surface area contributed by atoms with Gasteiger partial charge in [-0.25, -0.2) is 0 Å². The maximum absolute atomic E-state index is 3.60. The summed E-state index contributed by atoms with van der Waals surface area (Å²) in [5.74, 6) is 0.891. The van der Waals surface area contributed by atoms with Crippen molar-refractivity contribution in [3.8, 4) is 0 Å². The third-order valence-corrected chi connectivity index (χ3v) is 4.79. The van der Waals surface area contributed by atoms with E-state index in [2.05, 4.69) is 42.3 Å². The van der Waals surface area contributed by atoms with Crippen molar-refractivity contribution in [3.05, 3.63) is 29.3 Å². The average Bonchev–Trinajstić information content (AvgIpc) is 3.25. The summed E-state index contributed by atoms with van der Waals surface area (Å²) in [6.07, 6.45) is 6.79. The first kappa shape index (κ1) is 13.9. The predicted octanol–water partition coefficient (Wildman–Crippen LogP) is 3.87. The molecule has 1 aliphatic carbocycles. The first-order valence-electron chi connectivity index (χ1n) is 8.30. The molecule has 2 fully saturated rings. The van der Waals surface area contributed by atoms with E-state index in [1.807, 2.05) is 0 Å². The molecule has 1 aromatic carbocycles. The number of hydrogen-bond donors (Lipinski definition) is 1. The van der Waals surface area contributed by atoms with Gasteiger partial charge in [0.15, 0.2) is 0 Å². The number of hydrogen-bond acceptors (Lipinski definition) is 2. The monoisotopic (exact) mass is 272 g/mol. The van der Waals surface area contributed by atoms with Crippen LogP contribution in [0.2, 0.25) is 0 Å². The molecule has 1 atom stereocenters. The summed E-state index contributed by atoms with van der Waals surface area (Å²) in [5, 5.41) is 3.60. The van der Waals surface area contributed by atoms with E-state index in [-0.39, 0.29) is 0 Å². The molecule has 20 heavy (non-hydrogen) atoms. The third-order valence-electron chi connectivity index (χ3n) is 4.79. The fourth-order valence-electron chi connectivity index (χ4n) is 3.24. The summed E-state index contributed by atoms with van der Waals surface area (Å²) in [6, 6.07) is 7.82. The lowest BCUT2D eigenvalue weighted by molar-refractivity contribution is 0.521. The van der Waals surface area contributed by atoms with Gasteiger partial charge in [-0.05, 0) is 62.1 Å². The predicted molar refractivity (Wildman–Crippen MR) is 86.3 cm³/mol. The molecule has 3 rings (SSSR count). The summed E-state index contributed by atoms with van der Waals surface area (Å²) in [5.41, 5.74) is 4.32. The molecule has 1 aliphatic heterocycles. The van der Waals surface area contributed by atoms with E-state index >= 15 is 0 Å². The molecule has 1 saturated carbocycles. The molecule has 2 aliphatic rings. The first-order valence-corrected chi connectivity index (χ1v) is 8.30. The summed E-state index contributed by atoms with van der Waals surface area (Å²) in [6.45, 7) is 8.14. The van der Waals surface area contributed by atoms with Crippen molar-refractivity contribution in [2.45, 2.75) is 58.5 Å². The van der Waals surface area contributed by atoms with Crippen molar-refractivity contribution < 1.29 is 0 Å². The first-order chi connectivity index (χ1) is 9.72. The second-order valence-electron chi connectivity index (χ2n) is 6.80. The van der Waals surface area contributed by atoms with E-state index in [1.165, 1.54) is 62.0 Å². The van der Waals surface area contributed by atoms with Crippen molar-refractivity contribution in [2.24, 2.45) is 5.92 Å². The van der Waals surface area contributed by atoms with Crippen molar-refractivity contribution in [1.29, 1.82) is 0 Å². The quantitative estimate of drug-likeness (QED) is 0.895. The second kappa shape index (κ2) is 6.17. The summed E-state index contributed by atoms with van der Waals surface area (Å²) in [7, 11) is 0. The van der Waals surface area contributed by atoms with Gasteiger partial charge >= 0.3 is 0 Å². The molecule has 0 radical (unpaired) electrons. The van der Waals surface area contributed by atoms with Gasteiger partial charge in [0.1, 0.15) is 0 Å². The number of benzene rings is 1. The van der Waals surface area contributed by atoms with Gasteiger partial charge in [0, 0.05) is 31.4 Å². The highest BCUT2D eigenvalue weighted by molar-refractivity contribution is 5.54. The fraction of sp³-hybridized carbons (Fsp3) is 0.667. The normalized spacial score (nSPS) is 23.7. The molecule has 0 aromatic heterocycles. The Labute approximate surface area is 123 Å². The van der Waals surface area contributed by atoms with Crippen LogP contribution in [0.25, 0.3) is 0 Å². The minimum Gasteiger partial charge on any atom is -0.371 e. The molecule has 1 aromatic rings. The van der Waals surface area contributed by atoms with Crippen LogP contribution < -0.4 is 10.2 Å². The van der Waals surface area contributed by atoms with Crippen LogP contribution in [0.1, 0.15) is 50.2 Å². The average molecular weight is 272 g/mol. The van der Waals surface area contributed by atoms with E-state index in [0.29, 0.717) is 0 Å². The smallest absolute Gasteiger partial charge is 0.0396 e. The minimum absolute atomic E-state index is 0.794. The van der Waals surface area contributed by atoms with E-state index in [1.54, 1.807) is 0 Å². The Kier molecular flexibility index (Phi) is 4.30. The Balaban J connectivity index is 1.66. The van der Waals surface area contributed by atoms with Gasteiger partial charge in [-0.15, -0.1) is 0 Å². The van der Waals surface area contributed by atoms with Gasteiger partial charge in [0.2, 0.25) is 0 Å². The van der Waals surface area contributed by atoms with Gasteiger partial charge in [0.05, 0.1) is 0 Å². The van der Waals surface area contributed by atoms with Crippen LogP contribution in [0.5, 0.6) is 0 Å². The SMILES string of the molecule is Cc1cc(CNC2CC2)ccc1N1CCCC(C)CC1. The molecule has 110 valence electrons. The fourth-order valence-corrected chi connectivity index (χ4v) is 3.24. The van der Waals surface area contributed by atoms with Crippen LogP contribution in [-0.4, -0.2) is 19.1 Å². The molecule has 0 bridgehead atoms. The van der Waals surface area contributed by atoms with Crippen LogP contribution in [0.4, 0.5) is 5.69 Å². The Morgan fingerprint density at radius 1 is 1.15 bits per heavy atom. The standard InChI is InChI=1S/C18H28N2/c1-14-4-3-10-20(11-9-14)18-8-5-16(12-15(18)2)13-19-17-6-7-17/h5,8,12,14,17,19H,3-4,6-7,9-11,13H2,1-2H3. The topological polar surface area (TPSA) is 15.3 Å². The van der Waals surface area contributed by atoms with Crippen LogP contribution in [0.3, 0.4) is 0 Å². The summed E-state index contributed by atoms with van der Waals surface area (Å²) < 4.78 is 0. The number of anilines is 1. The third kappa shape index (κ3) is 3.54. The van der Waals surface area contributed by atoms with E-state index < -0.39 is 0 Å². The molecule has 0 amide bonds. The Morgan fingerprint density at radius 2 is 2.00 bits per heavy atom. The van der Waals surface area contributed by atoms with Crippen molar-refractivity contribution in [1.82, 2.24) is 5.32 Å². The lowest BCUT2D eigenvalue weighted by atomic mass is 10.0. The van der Waals surface area contributed by atoms with Crippen molar-refractivity contribution in [3.63, 3.8) is 0 Å². The molecule has 1 unspecified atom stereocenters. The van der Waals surface area contributed by atoms with E-state index in [9.17, 15) is 0 Å². The summed E-state index contributed by atoms with van der Waals surface area (Å²) in [4.78, 5) is 2.59. The number of aryl methyl sites for hydroxylation is 1. The molecular weight excluding hydrogens is 244 g/mol. The van der Waals surface area contributed by atoms with Crippen LogP contribution in [0, 0.1) is 12.8 Å². The van der Waals surface area contributed by atoms with E-state index in [4.69, 9.17) is 0 Å². The van der Waals surface area contributed by atoms with Gasteiger partial charge in [-0.2, -0.15) is 0 Å². The maximum atomic E-state index is 3.60. The molecular formula is C18H28N2. The minimum atomic E-state index is 0.794. The largest absolute Gasteiger partial charge is 0.371 e. The number of nitrogens with zero attached hydrogens (tertiary/aromatic N) is 1. The maximum Gasteiger partial charge on any atom is 0.0396 e. The highest BCUT2D eigenvalue weighted by Crippen LogP contribution is 2.26. The molecule has 1 N–H and O–H groups in total. The van der Waals surface area contributed by atoms with Gasteiger partial charge in [0.25, 0.3) is 0 Å². The molecule has 2 heteroatoms. The number of nitrogens with one attached hydrogen (secondary N) is 1. The zero-order valence-corrected chi connectivity index (χ0v) is 13.0. The molecule has 2 nitrogen and oxygen atoms in total. The van der Waals surface area contributed by atoms with Crippen LogP contribution in [0.15, 0.2) is 18.2 Å². The second-order valence-corrected chi connectivity index (χ2v) is 6.80. The lowest BCUT2D eigenvalue weighted by Gasteiger charge is -2.25. The Morgan fingerprint density at radius 3 is 2.75 bits per heavy atom. The molecule has 0 spiro atoms.